The SMILES string of the molecule is COC(=O)CCCNc1ccc(C(F)(F)F)cc1NC=C1C(=O)OC(C)(C)OC1=O. The van der Waals surface area contributed by atoms with Crippen LogP contribution in [0.5, 0.6) is 0 Å². The minimum absolute atomic E-state index is 0.0409. The second-order valence-corrected chi connectivity index (χ2v) is 6.75. The zero-order valence-corrected chi connectivity index (χ0v) is 16.5. The van der Waals surface area contributed by atoms with E-state index in [4.69, 9.17) is 9.47 Å². The van der Waals surface area contributed by atoms with Gasteiger partial charge in [0.2, 0.25) is 0 Å². The number of ether oxygens (including phenoxy) is 3. The largest absolute Gasteiger partial charge is 0.469 e. The molecule has 0 bridgehead atoms. The van der Waals surface area contributed by atoms with Gasteiger partial charge in [-0.2, -0.15) is 13.2 Å². The molecule has 1 heterocycles. The molecular weight excluding hydrogens is 409 g/mol. The van der Waals surface area contributed by atoms with Gasteiger partial charge in [-0.05, 0) is 24.6 Å². The molecule has 1 saturated heterocycles. The normalized spacial score (nSPS) is 15.7. The van der Waals surface area contributed by atoms with Crippen LogP contribution in [0.3, 0.4) is 0 Å². The fourth-order valence-corrected chi connectivity index (χ4v) is 2.48. The first-order chi connectivity index (χ1) is 13.9. The Morgan fingerprint density at radius 3 is 2.37 bits per heavy atom. The Morgan fingerprint density at radius 1 is 1.17 bits per heavy atom. The minimum Gasteiger partial charge on any atom is -0.469 e. The number of cyclic esters (lactones) is 2. The number of hydrogen-bond acceptors (Lipinski definition) is 8. The highest BCUT2D eigenvalue weighted by Gasteiger charge is 2.39. The van der Waals surface area contributed by atoms with Gasteiger partial charge in [0.1, 0.15) is 0 Å². The van der Waals surface area contributed by atoms with Crippen LogP contribution in [0, 0.1) is 0 Å². The van der Waals surface area contributed by atoms with E-state index in [1.807, 2.05) is 0 Å². The van der Waals surface area contributed by atoms with Crippen molar-refractivity contribution in [1.29, 1.82) is 0 Å². The number of halogens is 3. The molecule has 0 radical (unpaired) electrons. The third kappa shape index (κ3) is 6.13. The van der Waals surface area contributed by atoms with Crippen molar-refractivity contribution in [3.8, 4) is 0 Å². The highest BCUT2D eigenvalue weighted by atomic mass is 19.4. The fraction of sp³-hybridized carbons (Fsp3) is 0.421. The Hall–Kier alpha value is -3.24. The number of rotatable bonds is 7. The Bertz CT molecular complexity index is 842. The maximum atomic E-state index is 13.1. The van der Waals surface area contributed by atoms with Crippen molar-refractivity contribution in [2.75, 3.05) is 24.3 Å². The van der Waals surface area contributed by atoms with Crippen molar-refractivity contribution < 1.29 is 41.8 Å². The van der Waals surface area contributed by atoms with Crippen molar-refractivity contribution >= 4 is 29.3 Å². The van der Waals surface area contributed by atoms with Gasteiger partial charge in [-0.25, -0.2) is 9.59 Å². The monoisotopic (exact) mass is 430 g/mol. The fourth-order valence-electron chi connectivity index (χ4n) is 2.48. The molecule has 8 nitrogen and oxygen atoms in total. The summed E-state index contributed by atoms with van der Waals surface area (Å²) in [6, 6.07) is 2.90. The molecule has 30 heavy (non-hydrogen) atoms. The molecule has 2 N–H and O–H groups in total. The average molecular weight is 430 g/mol. The van der Waals surface area contributed by atoms with Crippen LogP contribution in [0.2, 0.25) is 0 Å². The van der Waals surface area contributed by atoms with Gasteiger partial charge in [0.25, 0.3) is 5.79 Å². The van der Waals surface area contributed by atoms with Crippen LogP contribution in [-0.2, 0) is 34.8 Å². The molecule has 1 aromatic carbocycles. The molecule has 0 atom stereocenters. The average Bonchev–Trinajstić information content (AvgIpc) is 2.63. The van der Waals surface area contributed by atoms with Gasteiger partial charge in [0, 0.05) is 33.0 Å². The summed E-state index contributed by atoms with van der Waals surface area (Å²) < 4.78 is 53.6. The number of anilines is 2. The van der Waals surface area contributed by atoms with Gasteiger partial charge < -0.3 is 24.8 Å². The van der Waals surface area contributed by atoms with Crippen LogP contribution in [0.1, 0.15) is 32.3 Å². The van der Waals surface area contributed by atoms with E-state index in [1.54, 1.807) is 0 Å². The molecule has 11 heteroatoms. The maximum absolute atomic E-state index is 13.1. The van der Waals surface area contributed by atoms with Crippen LogP contribution in [0.25, 0.3) is 0 Å². The number of esters is 3. The summed E-state index contributed by atoms with van der Waals surface area (Å²) in [5, 5.41) is 5.42. The summed E-state index contributed by atoms with van der Waals surface area (Å²) in [4.78, 5) is 35.1. The third-order valence-electron chi connectivity index (χ3n) is 3.94. The quantitative estimate of drug-likeness (QED) is 0.294. The van der Waals surface area contributed by atoms with E-state index < -0.39 is 41.0 Å². The topological polar surface area (TPSA) is 103 Å². The van der Waals surface area contributed by atoms with Gasteiger partial charge in [-0.3, -0.25) is 4.79 Å². The molecule has 1 aliphatic rings. The molecule has 1 aliphatic heterocycles. The predicted molar refractivity (Wildman–Crippen MR) is 99.2 cm³/mol. The van der Waals surface area contributed by atoms with Gasteiger partial charge >= 0.3 is 24.1 Å². The predicted octanol–water partition coefficient (Wildman–Crippen LogP) is 3.20. The first-order valence-electron chi connectivity index (χ1n) is 8.88. The molecule has 0 spiro atoms. The number of methoxy groups -OCH3 is 1. The number of carbonyl (C=O) groups excluding carboxylic acids is 3. The molecule has 1 aromatic rings. The molecule has 0 amide bonds. The number of carbonyl (C=O) groups is 3. The molecule has 0 aliphatic carbocycles. The molecule has 0 aromatic heterocycles. The Morgan fingerprint density at radius 2 is 1.80 bits per heavy atom. The maximum Gasteiger partial charge on any atom is 0.416 e. The Balaban J connectivity index is 2.21. The third-order valence-corrected chi connectivity index (χ3v) is 3.94. The number of nitrogens with one attached hydrogen (secondary N) is 2. The van der Waals surface area contributed by atoms with Crippen LogP contribution in [0.4, 0.5) is 24.5 Å². The minimum atomic E-state index is -4.60. The lowest BCUT2D eigenvalue weighted by atomic mass is 10.1. The summed E-state index contributed by atoms with van der Waals surface area (Å²) >= 11 is 0. The molecule has 0 unspecified atom stereocenters. The van der Waals surface area contributed by atoms with Gasteiger partial charge in [0.15, 0.2) is 5.57 Å². The summed E-state index contributed by atoms with van der Waals surface area (Å²) in [7, 11) is 1.25. The van der Waals surface area contributed by atoms with Crippen LogP contribution in [-0.4, -0.2) is 37.3 Å². The molecule has 0 saturated carbocycles. The van der Waals surface area contributed by atoms with Crippen molar-refractivity contribution in [3.63, 3.8) is 0 Å². The van der Waals surface area contributed by atoms with Crippen LogP contribution in [0.15, 0.2) is 30.0 Å². The number of hydrogen-bond donors (Lipinski definition) is 2. The van der Waals surface area contributed by atoms with Crippen molar-refractivity contribution in [3.05, 3.63) is 35.5 Å². The summed E-state index contributed by atoms with van der Waals surface area (Å²) in [6.45, 7) is 3.01. The van der Waals surface area contributed by atoms with Crippen molar-refractivity contribution in [1.82, 2.24) is 0 Å². The summed E-state index contributed by atoms with van der Waals surface area (Å²) in [6.07, 6.45) is -3.17. The van der Waals surface area contributed by atoms with E-state index in [0.29, 0.717) is 6.42 Å². The Labute approximate surface area is 170 Å². The molecular formula is C19H21F3N2O6. The van der Waals surface area contributed by atoms with E-state index >= 15 is 0 Å². The van der Waals surface area contributed by atoms with Crippen LogP contribution >= 0.6 is 0 Å². The lowest BCUT2D eigenvalue weighted by Gasteiger charge is -2.29. The second-order valence-electron chi connectivity index (χ2n) is 6.75. The van der Waals surface area contributed by atoms with Gasteiger partial charge in [-0.15, -0.1) is 0 Å². The summed E-state index contributed by atoms with van der Waals surface area (Å²) in [5.74, 6) is -3.79. The smallest absolute Gasteiger partial charge is 0.416 e. The highest BCUT2D eigenvalue weighted by Crippen LogP contribution is 2.34. The van der Waals surface area contributed by atoms with E-state index in [-0.39, 0.29) is 24.3 Å². The van der Waals surface area contributed by atoms with Crippen molar-refractivity contribution in [2.45, 2.75) is 38.7 Å². The number of benzene rings is 1. The van der Waals surface area contributed by atoms with E-state index in [2.05, 4.69) is 15.4 Å². The molecule has 164 valence electrons. The zero-order valence-electron chi connectivity index (χ0n) is 16.5. The zero-order chi connectivity index (χ0) is 22.5. The first-order valence-corrected chi connectivity index (χ1v) is 8.88. The Kier molecular flexibility index (Phi) is 6.96. The molecule has 1 fully saturated rings. The summed E-state index contributed by atoms with van der Waals surface area (Å²) in [5.41, 5.74) is -1.20. The highest BCUT2D eigenvalue weighted by molar-refractivity contribution is 6.15. The second kappa shape index (κ2) is 9.06. The van der Waals surface area contributed by atoms with E-state index in [9.17, 15) is 27.6 Å². The van der Waals surface area contributed by atoms with E-state index in [0.717, 1.165) is 18.3 Å². The standard InChI is InChI=1S/C19H21F3N2O6/c1-18(2)29-16(26)12(17(27)30-18)10-24-14-9-11(19(20,21)22)6-7-13(14)23-8-4-5-15(25)28-3/h6-7,9-10,23-24H,4-5,8H2,1-3H3. The van der Waals surface area contributed by atoms with Gasteiger partial charge in [-0.1, -0.05) is 0 Å². The van der Waals surface area contributed by atoms with Gasteiger partial charge in [0.05, 0.1) is 24.0 Å². The molecule has 2 rings (SSSR count). The lowest BCUT2D eigenvalue weighted by Crippen LogP contribution is -2.42. The van der Waals surface area contributed by atoms with Crippen LogP contribution < -0.4 is 10.6 Å². The van der Waals surface area contributed by atoms with Crippen molar-refractivity contribution in [2.24, 2.45) is 0 Å². The lowest BCUT2D eigenvalue weighted by molar-refractivity contribution is -0.222. The number of alkyl halides is 3. The first kappa shape index (κ1) is 23.0. The van der Waals surface area contributed by atoms with E-state index in [1.165, 1.54) is 27.0 Å².